The smallest absolute Gasteiger partial charge is 0.306 e. The van der Waals surface area contributed by atoms with E-state index in [1.165, 1.54) is 38.5 Å². The zero-order chi connectivity index (χ0) is 43.7. The molecule has 0 aromatic heterocycles. The Kier molecular flexibility index (Phi) is 43.7. The molecule has 0 rings (SSSR count). The van der Waals surface area contributed by atoms with E-state index in [0.717, 1.165) is 70.6 Å². The number of carbonyl (C=O) groups excluding carboxylic acids is 3. The van der Waals surface area contributed by atoms with E-state index in [1.54, 1.807) is 0 Å². The van der Waals surface area contributed by atoms with Gasteiger partial charge in [0.15, 0.2) is 6.10 Å². The molecule has 0 N–H and O–H groups in total. The van der Waals surface area contributed by atoms with Gasteiger partial charge in [0.1, 0.15) is 13.2 Å². The van der Waals surface area contributed by atoms with Crippen LogP contribution in [0.4, 0.5) is 0 Å². The molecule has 0 spiro atoms. The highest BCUT2D eigenvalue weighted by Crippen LogP contribution is 2.10. The number of hydrogen-bond acceptors (Lipinski definition) is 6. The Balaban J connectivity index is 4.63. The van der Waals surface area contributed by atoms with Gasteiger partial charge in [-0.05, 0) is 89.9 Å². The van der Waals surface area contributed by atoms with Gasteiger partial charge in [-0.1, -0.05) is 193 Å². The van der Waals surface area contributed by atoms with Gasteiger partial charge in [0.2, 0.25) is 0 Å². The second kappa shape index (κ2) is 47.2. The lowest BCUT2D eigenvalue weighted by molar-refractivity contribution is -0.166. The zero-order valence-corrected chi connectivity index (χ0v) is 37.9. The van der Waals surface area contributed by atoms with Crippen molar-refractivity contribution in [2.75, 3.05) is 13.2 Å². The minimum atomic E-state index is -0.846. The standard InChI is InChI=1S/C54H82O6/c1-4-7-10-13-16-19-22-25-26-27-28-30-32-35-38-41-44-47-53(56)59-50-51(49-58-52(55)46-43-40-37-34-31-24-21-18-15-12-9-6-3)60-54(57)48-45-42-39-36-33-29-23-20-17-14-11-8-5-2/h7,9-10,12-13,16,18-19,21-22,25-34,39,42,51H,4-6,8,11,14-15,17,20,23-24,35-38,40-41,43-50H2,1-3H3/b10-7-,12-9-,16-13-,21-18-,22-19-,26-25-,28-27+,32-30-,33-29-,34-31-,42-39-. The SMILES string of the molecule is CC\C=C/C=C\C=C/C=C\C=C\C=C/CCCCCC(=O)OCC(COC(=O)CCCC/C=C\C/C=C\C/C=C\CC)OC(=O)CC/C=C\C/C=C\CCCCCCCC. The van der Waals surface area contributed by atoms with Crippen LogP contribution < -0.4 is 0 Å². The normalized spacial score (nSPS) is 13.3. The lowest BCUT2D eigenvalue weighted by atomic mass is 10.1. The second-order valence-electron chi connectivity index (χ2n) is 14.7. The van der Waals surface area contributed by atoms with Gasteiger partial charge < -0.3 is 14.2 Å². The van der Waals surface area contributed by atoms with Crippen LogP contribution in [0, 0.1) is 0 Å². The summed E-state index contributed by atoms with van der Waals surface area (Å²) in [5.41, 5.74) is 0. The van der Waals surface area contributed by atoms with Crippen LogP contribution in [-0.4, -0.2) is 37.2 Å². The fourth-order valence-corrected chi connectivity index (χ4v) is 5.60. The van der Waals surface area contributed by atoms with Crippen LogP contribution in [0.5, 0.6) is 0 Å². The summed E-state index contributed by atoms with van der Waals surface area (Å²) in [6.45, 7) is 6.20. The number of carbonyl (C=O) groups is 3. The largest absolute Gasteiger partial charge is 0.462 e. The third-order valence-corrected chi connectivity index (χ3v) is 9.04. The molecule has 0 aliphatic carbocycles. The number of rotatable bonds is 39. The summed E-state index contributed by atoms with van der Waals surface area (Å²) in [4.78, 5) is 37.8. The summed E-state index contributed by atoms with van der Waals surface area (Å²) in [6.07, 6.45) is 65.9. The van der Waals surface area contributed by atoms with E-state index in [-0.39, 0.29) is 44.4 Å². The lowest BCUT2D eigenvalue weighted by Gasteiger charge is -2.18. The van der Waals surface area contributed by atoms with E-state index in [2.05, 4.69) is 87.6 Å². The molecule has 0 aliphatic heterocycles. The van der Waals surface area contributed by atoms with Crippen molar-refractivity contribution in [3.05, 3.63) is 134 Å². The molecule has 0 radical (unpaired) electrons. The van der Waals surface area contributed by atoms with Crippen molar-refractivity contribution in [3.8, 4) is 0 Å². The van der Waals surface area contributed by atoms with Crippen molar-refractivity contribution in [2.24, 2.45) is 0 Å². The van der Waals surface area contributed by atoms with Gasteiger partial charge in [-0.15, -0.1) is 0 Å². The Bertz CT molecular complexity index is 1370. The Morgan fingerprint density at radius 3 is 1.32 bits per heavy atom. The molecule has 0 aromatic rings. The minimum Gasteiger partial charge on any atom is -0.462 e. The van der Waals surface area contributed by atoms with E-state index in [4.69, 9.17) is 14.2 Å². The molecule has 0 bridgehead atoms. The number of ether oxygens (including phenoxy) is 3. The second-order valence-corrected chi connectivity index (χ2v) is 14.7. The highest BCUT2D eigenvalue weighted by molar-refractivity contribution is 5.71. The molecular formula is C54H82O6. The van der Waals surface area contributed by atoms with Crippen molar-refractivity contribution < 1.29 is 28.6 Å². The maximum absolute atomic E-state index is 12.7. The van der Waals surface area contributed by atoms with Crippen LogP contribution >= 0.6 is 0 Å². The quantitative estimate of drug-likeness (QED) is 0.0202. The van der Waals surface area contributed by atoms with E-state index in [9.17, 15) is 14.4 Å². The molecular weight excluding hydrogens is 745 g/mol. The lowest BCUT2D eigenvalue weighted by Crippen LogP contribution is -2.30. The summed E-state index contributed by atoms with van der Waals surface area (Å²) in [5, 5.41) is 0. The van der Waals surface area contributed by atoms with Crippen molar-refractivity contribution in [1.29, 1.82) is 0 Å². The molecule has 60 heavy (non-hydrogen) atoms. The van der Waals surface area contributed by atoms with Crippen LogP contribution in [0.1, 0.15) is 168 Å². The Hall–Kier alpha value is -4.45. The first-order chi connectivity index (χ1) is 29.5. The first-order valence-corrected chi connectivity index (χ1v) is 23.3. The van der Waals surface area contributed by atoms with Gasteiger partial charge >= 0.3 is 17.9 Å². The average Bonchev–Trinajstić information content (AvgIpc) is 3.24. The summed E-state index contributed by atoms with van der Waals surface area (Å²) in [7, 11) is 0. The van der Waals surface area contributed by atoms with E-state index in [0.29, 0.717) is 19.3 Å². The van der Waals surface area contributed by atoms with Gasteiger partial charge in [0.25, 0.3) is 0 Å². The fourth-order valence-electron chi connectivity index (χ4n) is 5.60. The molecule has 1 unspecified atom stereocenters. The summed E-state index contributed by atoms with van der Waals surface area (Å²) >= 11 is 0. The first-order valence-electron chi connectivity index (χ1n) is 23.3. The molecule has 6 heteroatoms. The maximum Gasteiger partial charge on any atom is 0.306 e. The molecule has 1 atom stereocenters. The summed E-state index contributed by atoms with van der Waals surface area (Å²) in [5.74, 6) is -1.10. The van der Waals surface area contributed by atoms with Crippen LogP contribution in [0.15, 0.2) is 134 Å². The minimum absolute atomic E-state index is 0.141. The summed E-state index contributed by atoms with van der Waals surface area (Å²) < 4.78 is 16.6. The van der Waals surface area contributed by atoms with Crippen LogP contribution in [0.25, 0.3) is 0 Å². The van der Waals surface area contributed by atoms with Crippen molar-refractivity contribution in [3.63, 3.8) is 0 Å². The van der Waals surface area contributed by atoms with Crippen LogP contribution in [-0.2, 0) is 28.6 Å². The zero-order valence-electron chi connectivity index (χ0n) is 37.9. The molecule has 0 amide bonds. The third-order valence-electron chi connectivity index (χ3n) is 9.04. The van der Waals surface area contributed by atoms with E-state index >= 15 is 0 Å². The maximum atomic E-state index is 12.7. The molecule has 0 fully saturated rings. The average molecular weight is 827 g/mol. The number of hydrogen-bond donors (Lipinski definition) is 0. The molecule has 0 saturated heterocycles. The Morgan fingerprint density at radius 2 is 0.767 bits per heavy atom. The molecule has 0 heterocycles. The topological polar surface area (TPSA) is 78.9 Å². The van der Waals surface area contributed by atoms with Crippen molar-refractivity contribution in [2.45, 2.75) is 175 Å². The highest BCUT2D eigenvalue weighted by Gasteiger charge is 2.19. The number of esters is 3. The van der Waals surface area contributed by atoms with E-state index < -0.39 is 12.1 Å². The van der Waals surface area contributed by atoms with Crippen LogP contribution in [0.3, 0.4) is 0 Å². The molecule has 0 aliphatic rings. The van der Waals surface area contributed by atoms with E-state index in [1.807, 2.05) is 66.8 Å². The van der Waals surface area contributed by atoms with Gasteiger partial charge in [0, 0.05) is 19.3 Å². The fraction of sp³-hybridized carbons (Fsp3) is 0.537. The predicted octanol–water partition coefficient (Wildman–Crippen LogP) is 15.1. The Labute approximate surface area is 366 Å². The van der Waals surface area contributed by atoms with Crippen molar-refractivity contribution in [1.82, 2.24) is 0 Å². The van der Waals surface area contributed by atoms with Crippen LogP contribution in [0.2, 0.25) is 0 Å². The molecule has 6 nitrogen and oxygen atoms in total. The van der Waals surface area contributed by atoms with Gasteiger partial charge in [-0.2, -0.15) is 0 Å². The van der Waals surface area contributed by atoms with Crippen molar-refractivity contribution >= 4 is 17.9 Å². The highest BCUT2D eigenvalue weighted by atomic mass is 16.6. The third kappa shape index (κ3) is 44.6. The molecule has 0 saturated carbocycles. The Morgan fingerprint density at radius 1 is 0.367 bits per heavy atom. The predicted molar refractivity (Wildman–Crippen MR) is 256 cm³/mol. The monoisotopic (exact) mass is 827 g/mol. The van der Waals surface area contributed by atoms with Gasteiger partial charge in [-0.3, -0.25) is 14.4 Å². The summed E-state index contributed by atoms with van der Waals surface area (Å²) in [6, 6.07) is 0. The molecule has 334 valence electrons. The van der Waals surface area contributed by atoms with Gasteiger partial charge in [-0.25, -0.2) is 0 Å². The number of allylic oxidation sites excluding steroid dienone is 22. The first kappa shape index (κ1) is 55.5. The number of unbranched alkanes of at least 4 members (excludes halogenated alkanes) is 11. The molecule has 0 aromatic carbocycles. The van der Waals surface area contributed by atoms with Gasteiger partial charge in [0.05, 0.1) is 0 Å².